The van der Waals surface area contributed by atoms with Gasteiger partial charge in [-0.25, -0.2) is 0 Å². The Morgan fingerprint density at radius 1 is 1.27 bits per heavy atom. The Hall–Kier alpha value is -0.400. The zero-order valence-corrected chi connectivity index (χ0v) is 10.3. The molecule has 0 unspecified atom stereocenters. The van der Waals surface area contributed by atoms with Crippen molar-refractivity contribution >= 4 is 20.4 Å². The molecule has 1 saturated heterocycles. The molecule has 0 bridgehead atoms. The van der Waals surface area contributed by atoms with Gasteiger partial charge >= 0.3 is 0 Å². The van der Waals surface area contributed by atoms with Crippen LogP contribution in [0.5, 0.6) is 0 Å². The lowest BCUT2D eigenvalue weighted by atomic mass is 10.2. The molecule has 0 aliphatic carbocycles. The molecule has 15 heavy (non-hydrogen) atoms. The van der Waals surface area contributed by atoms with Gasteiger partial charge in [0.15, 0.2) is 0 Å². The van der Waals surface area contributed by atoms with Crippen molar-refractivity contribution in [1.29, 1.82) is 0 Å². The van der Waals surface area contributed by atoms with Crippen molar-refractivity contribution in [3.63, 3.8) is 0 Å². The molecule has 1 aliphatic rings. The summed E-state index contributed by atoms with van der Waals surface area (Å²) in [4.78, 5) is 13.7. The molecule has 0 aromatic carbocycles. The molecule has 1 amide bonds. The van der Waals surface area contributed by atoms with Gasteiger partial charge in [0, 0.05) is 19.3 Å². The van der Waals surface area contributed by atoms with E-state index in [4.69, 9.17) is 0 Å². The summed E-state index contributed by atoms with van der Waals surface area (Å²) < 4.78 is 0. The van der Waals surface area contributed by atoms with E-state index in [2.05, 4.69) is 16.5 Å². The number of amides is 1. The molecule has 1 aliphatic heterocycles. The van der Waals surface area contributed by atoms with Crippen LogP contribution in [0.15, 0.2) is 0 Å². The SMILES string of the molecule is C=PCN1CCCCNC(=O)CCCC1. The highest BCUT2D eigenvalue weighted by atomic mass is 31.1. The lowest BCUT2D eigenvalue weighted by Gasteiger charge is -2.19. The van der Waals surface area contributed by atoms with Crippen molar-refractivity contribution in [2.45, 2.75) is 32.1 Å². The summed E-state index contributed by atoms with van der Waals surface area (Å²) in [7, 11) is 1.20. The first-order valence-corrected chi connectivity index (χ1v) is 7.01. The third-order valence-electron chi connectivity index (χ3n) is 2.65. The minimum absolute atomic E-state index is 0.221. The van der Waals surface area contributed by atoms with Crippen LogP contribution < -0.4 is 5.32 Å². The summed E-state index contributed by atoms with van der Waals surface area (Å²) in [5.41, 5.74) is 0. The topological polar surface area (TPSA) is 32.3 Å². The highest BCUT2D eigenvalue weighted by Crippen LogP contribution is 2.06. The summed E-state index contributed by atoms with van der Waals surface area (Å²) in [5, 5.41) is 2.96. The minimum atomic E-state index is 0.221. The maximum absolute atomic E-state index is 11.3. The fourth-order valence-corrected chi connectivity index (χ4v) is 2.36. The zero-order valence-electron chi connectivity index (χ0n) is 9.37. The Kier molecular flexibility index (Phi) is 6.62. The third-order valence-corrected chi connectivity index (χ3v) is 3.25. The molecule has 1 fully saturated rings. The predicted molar refractivity (Wildman–Crippen MR) is 66.6 cm³/mol. The second kappa shape index (κ2) is 7.84. The van der Waals surface area contributed by atoms with Crippen molar-refractivity contribution < 1.29 is 4.79 Å². The lowest BCUT2D eigenvalue weighted by molar-refractivity contribution is -0.121. The highest BCUT2D eigenvalue weighted by Gasteiger charge is 2.06. The maximum atomic E-state index is 11.3. The molecular weight excluding hydrogens is 207 g/mol. The van der Waals surface area contributed by atoms with Crippen LogP contribution in [0.1, 0.15) is 32.1 Å². The van der Waals surface area contributed by atoms with Crippen molar-refractivity contribution in [3.8, 4) is 0 Å². The molecule has 86 valence electrons. The summed E-state index contributed by atoms with van der Waals surface area (Å²) in [5.74, 6) is 0.221. The summed E-state index contributed by atoms with van der Waals surface area (Å²) in [6, 6.07) is 0. The van der Waals surface area contributed by atoms with Gasteiger partial charge in [0.1, 0.15) is 0 Å². The Morgan fingerprint density at radius 3 is 2.73 bits per heavy atom. The fraction of sp³-hybridized carbons (Fsp3) is 0.818. The van der Waals surface area contributed by atoms with E-state index in [1.54, 1.807) is 0 Å². The number of nitrogens with one attached hydrogen (secondary N) is 1. The first-order valence-electron chi connectivity index (χ1n) is 5.74. The van der Waals surface area contributed by atoms with Gasteiger partial charge in [-0.3, -0.25) is 9.69 Å². The molecule has 0 radical (unpaired) electrons. The number of nitrogens with zero attached hydrogens (tertiary/aromatic N) is 1. The second-order valence-corrected chi connectivity index (χ2v) is 4.73. The normalized spacial score (nSPS) is 22.0. The molecule has 0 aromatic heterocycles. The standard InChI is InChI=1S/C11H21N2OP/c1-15-10-13-8-4-2-6-11(14)12-7-3-5-9-13/h1-10H2,(H,12,14). The van der Waals surface area contributed by atoms with Crippen LogP contribution >= 0.6 is 8.20 Å². The van der Waals surface area contributed by atoms with E-state index in [1.165, 1.54) is 14.6 Å². The molecule has 0 spiro atoms. The average Bonchev–Trinajstić information content (AvgIpc) is 2.26. The largest absolute Gasteiger partial charge is 0.356 e. The Balaban J connectivity index is 2.32. The summed E-state index contributed by atoms with van der Waals surface area (Å²) in [6.07, 6.45) is 10.0. The van der Waals surface area contributed by atoms with E-state index in [0.717, 1.165) is 45.2 Å². The van der Waals surface area contributed by atoms with Crippen molar-refractivity contribution in [1.82, 2.24) is 10.2 Å². The van der Waals surface area contributed by atoms with Crippen molar-refractivity contribution in [3.05, 3.63) is 0 Å². The van der Waals surface area contributed by atoms with E-state index in [1.807, 2.05) is 0 Å². The molecule has 4 heteroatoms. The molecule has 0 atom stereocenters. The van der Waals surface area contributed by atoms with E-state index in [9.17, 15) is 4.79 Å². The number of hydrogen-bond acceptors (Lipinski definition) is 2. The van der Waals surface area contributed by atoms with E-state index in [0.29, 0.717) is 6.42 Å². The van der Waals surface area contributed by atoms with Crippen LogP contribution in [0.3, 0.4) is 0 Å². The molecule has 0 aromatic rings. The first kappa shape index (κ1) is 12.7. The average molecular weight is 228 g/mol. The van der Waals surface area contributed by atoms with Crippen LogP contribution in [0.4, 0.5) is 0 Å². The van der Waals surface area contributed by atoms with Crippen LogP contribution in [0, 0.1) is 0 Å². The number of carbonyl (C=O) groups is 1. The molecule has 1 N–H and O–H groups in total. The van der Waals surface area contributed by atoms with E-state index >= 15 is 0 Å². The van der Waals surface area contributed by atoms with Crippen LogP contribution in [-0.4, -0.2) is 43.0 Å². The quantitative estimate of drug-likeness (QED) is 0.730. The molecule has 0 saturated carbocycles. The van der Waals surface area contributed by atoms with Crippen LogP contribution in [-0.2, 0) is 4.79 Å². The molecule has 1 heterocycles. The summed E-state index contributed by atoms with van der Waals surface area (Å²) in [6.45, 7) is 3.11. The van der Waals surface area contributed by atoms with E-state index in [-0.39, 0.29) is 5.91 Å². The highest BCUT2D eigenvalue weighted by molar-refractivity contribution is 7.36. The van der Waals surface area contributed by atoms with Crippen LogP contribution in [0.2, 0.25) is 0 Å². The Labute approximate surface area is 94.0 Å². The molecule has 1 rings (SSSR count). The van der Waals surface area contributed by atoms with Gasteiger partial charge in [0.05, 0.1) is 0 Å². The summed E-state index contributed by atoms with van der Waals surface area (Å²) >= 11 is 0. The number of carbonyl (C=O) groups excluding carboxylic acids is 1. The van der Waals surface area contributed by atoms with Gasteiger partial charge in [-0.1, -0.05) is 14.5 Å². The predicted octanol–water partition coefficient (Wildman–Crippen LogP) is 1.70. The fourth-order valence-electron chi connectivity index (χ4n) is 1.79. The van der Waals surface area contributed by atoms with Gasteiger partial charge < -0.3 is 5.32 Å². The minimum Gasteiger partial charge on any atom is -0.356 e. The van der Waals surface area contributed by atoms with Gasteiger partial charge in [0.2, 0.25) is 5.91 Å². The van der Waals surface area contributed by atoms with Crippen LogP contribution in [0.25, 0.3) is 0 Å². The maximum Gasteiger partial charge on any atom is 0.219 e. The van der Waals surface area contributed by atoms with E-state index < -0.39 is 0 Å². The third kappa shape index (κ3) is 5.91. The Bertz CT molecular complexity index is 209. The van der Waals surface area contributed by atoms with Gasteiger partial charge in [0.25, 0.3) is 0 Å². The van der Waals surface area contributed by atoms with Gasteiger partial charge in [-0.05, 0) is 38.8 Å². The number of hydrogen-bond donors (Lipinski definition) is 1. The monoisotopic (exact) mass is 228 g/mol. The Morgan fingerprint density at radius 2 is 2.00 bits per heavy atom. The second-order valence-electron chi connectivity index (χ2n) is 4.00. The van der Waals surface area contributed by atoms with Gasteiger partial charge in [-0.15, -0.1) is 0 Å². The van der Waals surface area contributed by atoms with Crippen molar-refractivity contribution in [2.75, 3.05) is 25.9 Å². The zero-order chi connectivity index (χ0) is 10.9. The number of rotatable bonds is 2. The molecule has 3 nitrogen and oxygen atoms in total. The molecular formula is C11H21N2OP. The van der Waals surface area contributed by atoms with Gasteiger partial charge in [-0.2, -0.15) is 0 Å². The lowest BCUT2D eigenvalue weighted by Crippen LogP contribution is -2.25. The smallest absolute Gasteiger partial charge is 0.219 e. The van der Waals surface area contributed by atoms with Crippen molar-refractivity contribution in [2.24, 2.45) is 0 Å². The first-order chi connectivity index (χ1) is 7.33.